The highest BCUT2D eigenvalue weighted by molar-refractivity contribution is 7.07. The molecule has 0 bridgehead atoms. The van der Waals surface area contributed by atoms with Gasteiger partial charge in [-0.2, -0.15) is 16.6 Å². The lowest BCUT2D eigenvalue weighted by Gasteiger charge is -1.99. The van der Waals surface area contributed by atoms with E-state index in [1.54, 1.807) is 11.3 Å². The van der Waals surface area contributed by atoms with Crippen LogP contribution in [0.5, 0.6) is 0 Å². The van der Waals surface area contributed by atoms with Crippen LogP contribution < -0.4 is 5.32 Å². The van der Waals surface area contributed by atoms with Gasteiger partial charge in [-0.25, -0.2) is 0 Å². The highest BCUT2D eigenvalue weighted by Gasteiger charge is 2.04. The molecule has 0 unspecified atom stereocenters. The second-order valence-corrected chi connectivity index (χ2v) is 3.69. The normalized spacial score (nSPS) is 10.1. The van der Waals surface area contributed by atoms with Crippen LogP contribution in [0, 0.1) is 0 Å². The molecular formula is C8H9N5OS. The number of carbonyl (C=O) groups is 1. The van der Waals surface area contributed by atoms with Gasteiger partial charge in [0.2, 0.25) is 5.91 Å². The van der Waals surface area contributed by atoms with Gasteiger partial charge in [-0.05, 0) is 22.4 Å². The van der Waals surface area contributed by atoms with Gasteiger partial charge in [-0.15, -0.1) is 10.2 Å². The number of thiophene rings is 1. The Labute approximate surface area is 89.7 Å². The molecule has 1 amide bonds. The van der Waals surface area contributed by atoms with E-state index in [-0.39, 0.29) is 5.91 Å². The van der Waals surface area contributed by atoms with Crippen molar-refractivity contribution in [2.75, 3.05) is 0 Å². The first kappa shape index (κ1) is 9.78. The van der Waals surface area contributed by atoms with Crippen LogP contribution in [0.4, 0.5) is 0 Å². The first-order chi connectivity index (χ1) is 7.34. The molecule has 78 valence electrons. The summed E-state index contributed by atoms with van der Waals surface area (Å²) in [6, 6.07) is 1.93. The largest absolute Gasteiger partial charge is 0.348 e. The number of aromatic amines is 1. The van der Waals surface area contributed by atoms with Gasteiger partial charge in [0, 0.05) is 0 Å². The zero-order valence-corrected chi connectivity index (χ0v) is 8.62. The number of hydrogen-bond donors (Lipinski definition) is 2. The minimum absolute atomic E-state index is 0.0433. The third-order valence-corrected chi connectivity index (χ3v) is 2.51. The molecule has 0 aliphatic rings. The number of amides is 1. The molecule has 0 aliphatic heterocycles. The molecule has 0 saturated heterocycles. The summed E-state index contributed by atoms with van der Waals surface area (Å²) in [5, 5.41) is 19.8. The maximum absolute atomic E-state index is 11.4. The minimum Gasteiger partial charge on any atom is -0.348 e. The fraction of sp³-hybridized carbons (Fsp3) is 0.250. The second-order valence-electron chi connectivity index (χ2n) is 2.91. The third-order valence-electron chi connectivity index (χ3n) is 1.78. The number of nitrogens with zero attached hydrogens (tertiary/aromatic N) is 3. The van der Waals surface area contributed by atoms with Crippen LogP contribution in [-0.4, -0.2) is 26.5 Å². The molecule has 0 spiro atoms. The summed E-state index contributed by atoms with van der Waals surface area (Å²) in [6.45, 7) is 0.305. The smallest absolute Gasteiger partial charge is 0.224 e. The fourth-order valence-electron chi connectivity index (χ4n) is 1.08. The molecule has 7 heteroatoms. The molecule has 2 aromatic heterocycles. The number of nitrogens with one attached hydrogen (secondary N) is 2. The van der Waals surface area contributed by atoms with Crippen LogP contribution in [0.2, 0.25) is 0 Å². The minimum atomic E-state index is -0.0433. The number of carbonyl (C=O) groups excluding carboxylic acids is 1. The molecule has 0 aromatic carbocycles. The van der Waals surface area contributed by atoms with E-state index in [9.17, 15) is 4.79 Å². The van der Waals surface area contributed by atoms with E-state index >= 15 is 0 Å². The summed E-state index contributed by atoms with van der Waals surface area (Å²) in [4.78, 5) is 11.4. The Morgan fingerprint density at radius 2 is 2.53 bits per heavy atom. The first-order valence-electron chi connectivity index (χ1n) is 4.34. The van der Waals surface area contributed by atoms with Crippen molar-refractivity contribution in [2.45, 2.75) is 13.0 Å². The van der Waals surface area contributed by atoms with Crippen molar-refractivity contribution in [1.82, 2.24) is 25.9 Å². The average Bonchev–Trinajstić information content (AvgIpc) is 2.86. The topological polar surface area (TPSA) is 83.6 Å². The van der Waals surface area contributed by atoms with E-state index in [1.807, 2.05) is 16.8 Å². The maximum Gasteiger partial charge on any atom is 0.224 e. The summed E-state index contributed by atoms with van der Waals surface area (Å²) in [5.41, 5.74) is 1.02. The van der Waals surface area contributed by atoms with Crippen molar-refractivity contribution in [3.8, 4) is 0 Å². The summed E-state index contributed by atoms with van der Waals surface area (Å²) in [7, 11) is 0. The van der Waals surface area contributed by atoms with E-state index in [4.69, 9.17) is 0 Å². The zero-order chi connectivity index (χ0) is 10.5. The maximum atomic E-state index is 11.4. The van der Waals surface area contributed by atoms with Crippen molar-refractivity contribution in [2.24, 2.45) is 0 Å². The van der Waals surface area contributed by atoms with Crippen LogP contribution in [0.1, 0.15) is 11.4 Å². The first-order valence-corrected chi connectivity index (χ1v) is 5.29. The Kier molecular flexibility index (Phi) is 3.03. The number of aromatic nitrogens is 4. The molecule has 0 saturated carbocycles. The zero-order valence-electron chi connectivity index (χ0n) is 7.80. The predicted octanol–water partition coefficient (Wildman–Crippen LogP) is 0.120. The summed E-state index contributed by atoms with van der Waals surface area (Å²) in [5.74, 6) is 0.437. The Balaban J connectivity index is 1.78. The van der Waals surface area contributed by atoms with Crippen molar-refractivity contribution in [3.63, 3.8) is 0 Å². The van der Waals surface area contributed by atoms with E-state index in [2.05, 4.69) is 25.9 Å². The predicted molar refractivity (Wildman–Crippen MR) is 54.0 cm³/mol. The SMILES string of the molecule is O=C(Cc1ccsc1)NCc1nn[nH]n1. The number of rotatable bonds is 4. The standard InChI is InChI=1S/C8H9N5OS/c14-8(3-6-1-2-15-5-6)9-4-7-10-12-13-11-7/h1-2,5H,3-4H2,(H,9,14)(H,10,11,12,13). The van der Waals surface area contributed by atoms with Crippen LogP contribution >= 0.6 is 11.3 Å². The summed E-state index contributed by atoms with van der Waals surface area (Å²) < 4.78 is 0. The molecular weight excluding hydrogens is 214 g/mol. The van der Waals surface area contributed by atoms with Gasteiger partial charge in [0.15, 0.2) is 5.82 Å². The number of hydrogen-bond acceptors (Lipinski definition) is 5. The van der Waals surface area contributed by atoms with E-state index < -0.39 is 0 Å². The molecule has 0 atom stereocenters. The molecule has 2 heterocycles. The van der Waals surface area contributed by atoms with Gasteiger partial charge in [0.25, 0.3) is 0 Å². The fourth-order valence-corrected chi connectivity index (χ4v) is 1.74. The van der Waals surface area contributed by atoms with Gasteiger partial charge >= 0.3 is 0 Å². The highest BCUT2D eigenvalue weighted by Crippen LogP contribution is 2.06. The van der Waals surface area contributed by atoms with Crippen molar-refractivity contribution >= 4 is 17.2 Å². The molecule has 0 fully saturated rings. The Hall–Kier alpha value is -1.76. The number of tetrazole rings is 1. The lowest BCUT2D eigenvalue weighted by molar-refractivity contribution is -0.120. The van der Waals surface area contributed by atoms with E-state index in [1.165, 1.54) is 0 Å². The lowest BCUT2D eigenvalue weighted by atomic mass is 10.2. The van der Waals surface area contributed by atoms with Crippen LogP contribution in [0.25, 0.3) is 0 Å². The van der Waals surface area contributed by atoms with E-state index in [0.29, 0.717) is 18.8 Å². The molecule has 2 rings (SSSR count). The van der Waals surface area contributed by atoms with Crippen molar-refractivity contribution in [1.29, 1.82) is 0 Å². The Morgan fingerprint density at radius 3 is 3.20 bits per heavy atom. The molecule has 0 radical (unpaired) electrons. The quantitative estimate of drug-likeness (QED) is 0.771. The molecule has 15 heavy (non-hydrogen) atoms. The summed E-state index contributed by atoms with van der Waals surface area (Å²) in [6.07, 6.45) is 0.390. The van der Waals surface area contributed by atoms with Gasteiger partial charge in [0.05, 0.1) is 13.0 Å². The third kappa shape index (κ3) is 2.84. The molecule has 2 N–H and O–H groups in total. The monoisotopic (exact) mass is 223 g/mol. The van der Waals surface area contributed by atoms with E-state index in [0.717, 1.165) is 5.56 Å². The number of H-pyrrole nitrogens is 1. The highest BCUT2D eigenvalue weighted by atomic mass is 32.1. The van der Waals surface area contributed by atoms with Gasteiger partial charge in [-0.1, -0.05) is 5.21 Å². The van der Waals surface area contributed by atoms with Crippen molar-refractivity contribution in [3.05, 3.63) is 28.2 Å². The van der Waals surface area contributed by atoms with Crippen LogP contribution in [0.3, 0.4) is 0 Å². The average molecular weight is 223 g/mol. The molecule has 6 nitrogen and oxygen atoms in total. The van der Waals surface area contributed by atoms with Crippen LogP contribution in [0.15, 0.2) is 16.8 Å². The van der Waals surface area contributed by atoms with Gasteiger partial charge in [0.1, 0.15) is 0 Å². The second kappa shape index (κ2) is 4.65. The Morgan fingerprint density at radius 1 is 1.60 bits per heavy atom. The van der Waals surface area contributed by atoms with Gasteiger partial charge in [-0.3, -0.25) is 4.79 Å². The molecule has 2 aromatic rings. The summed E-state index contributed by atoms with van der Waals surface area (Å²) >= 11 is 1.58. The lowest BCUT2D eigenvalue weighted by Crippen LogP contribution is -2.24. The Bertz CT molecular complexity index is 410. The van der Waals surface area contributed by atoms with Crippen LogP contribution in [-0.2, 0) is 17.8 Å². The molecule has 0 aliphatic carbocycles. The van der Waals surface area contributed by atoms with Crippen molar-refractivity contribution < 1.29 is 4.79 Å². The van der Waals surface area contributed by atoms with Gasteiger partial charge < -0.3 is 5.32 Å².